The molecule has 0 bridgehead atoms. The molecule has 0 aromatic carbocycles. The fourth-order valence-corrected chi connectivity index (χ4v) is 5.45. The summed E-state index contributed by atoms with van der Waals surface area (Å²) in [6, 6.07) is -3.06. The van der Waals surface area contributed by atoms with E-state index in [1.807, 2.05) is 0 Å². The smallest absolute Gasteiger partial charge is 0.364 e. The first kappa shape index (κ1) is 38.3. The summed E-state index contributed by atoms with van der Waals surface area (Å²) < 4.78 is 27.2. The molecule has 0 aromatic rings. The number of nitrogens with one attached hydrogen (secondary N) is 2. The Morgan fingerprint density at radius 1 is 0.870 bits per heavy atom. The van der Waals surface area contributed by atoms with Gasteiger partial charge in [-0.3, -0.25) is 9.59 Å². The maximum atomic E-state index is 12.5. The molecule has 0 aromatic heterocycles. The Balaban J connectivity index is 1.87. The van der Waals surface area contributed by atoms with Gasteiger partial charge in [-0.05, 0) is 0 Å². The zero-order valence-corrected chi connectivity index (χ0v) is 24.7. The van der Waals surface area contributed by atoms with E-state index in [9.17, 15) is 70.6 Å². The van der Waals surface area contributed by atoms with Crippen molar-refractivity contribution >= 4 is 17.8 Å². The van der Waals surface area contributed by atoms with Crippen LogP contribution in [0.5, 0.6) is 0 Å². The molecule has 2 amide bonds. The number of aliphatic carboxylic acids is 1. The molecule has 0 radical (unpaired) electrons. The van der Waals surface area contributed by atoms with E-state index in [0.717, 1.165) is 13.8 Å². The zero-order chi connectivity index (χ0) is 34.7. The van der Waals surface area contributed by atoms with E-state index < -0.39 is 142 Å². The average Bonchev–Trinajstić information content (AvgIpc) is 2.99. The molecule has 0 aliphatic carbocycles. The van der Waals surface area contributed by atoms with E-state index in [1.165, 1.54) is 0 Å². The number of aliphatic hydroxyl groups is 10. The SMILES string of the molecule is CC(=O)N[C@@H]1[C@@H](OC2O[C@H](CO)[C@H](O)[C@H](O)[C@H]2O)[C@@H](O)[C@@H](COC2(C(=O)O)C[C@H](O)[C@@H](NC(C)=O)[C@H]([C@H](O)[C@H](O)CO)O2)O[C@@H]1O. The highest BCUT2D eigenvalue weighted by Crippen LogP contribution is 2.35. The summed E-state index contributed by atoms with van der Waals surface area (Å²) in [6.45, 7) is -0.705. The van der Waals surface area contributed by atoms with Gasteiger partial charge in [0.1, 0.15) is 67.1 Å². The highest BCUT2D eigenvalue weighted by atomic mass is 16.7. The number of carboxylic acid groups (broad SMARTS) is 1. The van der Waals surface area contributed by atoms with Gasteiger partial charge in [0.05, 0.1) is 32.0 Å². The molecule has 3 aliphatic heterocycles. The minimum atomic E-state index is -2.84. The van der Waals surface area contributed by atoms with Crippen molar-refractivity contribution in [3.63, 3.8) is 0 Å². The molecule has 2 unspecified atom stereocenters. The standard InChI is InChI=1S/C25H42N2O19/c1-7(30)26-13-9(32)3-25(24(40)41,46-21(13)15(34)10(33)4-28)42-6-12-17(36)20(14(22(39)43-12)27-8(2)31)45-23-19(38)18(37)16(35)11(5-29)44-23/h9-23,28-29,32-39H,3-6H2,1-2H3,(H,26,30)(H,27,31)(H,40,41)/t9-,10+,11+,12+,13+,14+,15+,16-,17-,18-,19+,20+,21+,22-,23?,25?/m0/s1. The van der Waals surface area contributed by atoms with E-state index >= 15 is 0 Å². The summed E-state index contributed by atoms with van der Waals surface area (Å²) in [6.07, 6.45) is -24.8. The number of ether oxygens (including phenoxy) is 5. The lowest BCUT2D eigenvalue weighted by molar-refractivity contribution is -0.351. The summed E-state index contributed by atoms with van der Waals surface area (Å²) >= 11 is 0. The van der Waals surface area contributed by atoms with Gasteiger partial charge in [-0.15, -0.1) is 0 Å². The summed E-state index contributed by atoms with van der Waals surface area (Å²) in [4.78, 5) is 36.0. The van der Waals surface area contributed by atoms with Crippen molar-refractivity contribution in [3.8, 4) is 0 Å². The molecule has 3 rings (SSSR count). The van der Waals surface area contributed by atoms with Crippen LogP contribution >= 0.6 is 0 Å². The first-order chi connectivity index (χ1) is 21.5. The number of hydrogen-bond donors (Lipinski definition) is 13. The maximum Gasteiger partial charge on any atom is 0.364 e. The van der Waals surface area contributed by atoms with Crippen LogP contribution < -0.4 is 10.6 Å². The largest absolute Gasteiger partial charge is 0.477 e. The number of carboxylic acids is 1. The van der Waals surface area contributed by atoms with E-state index in [2.05, 4.69) is 10.6 Å². The van der Waals surface area contributed by atoms with Crippen molar-refractivity contribution in [3.05, 3.63) is 0 Å². The Bertz CT molecular complexity index is 1050. The van der Waals surface area contributed by atoms with Crippen LogP contribution in [-0.2, 0) is 38.1 Å². The van der Waals surface area contributed by atoms with Crippen LogP contribution in [0.1, 0.15) is 20.3 Å². The second-order valence-corrected chi connectivity index (χ2v) is 11.3. The molecule has 0 spiro atoms. The lowest BCUT2D eigenvalue weighted by Gasteiger charge is -2.48. The molecule has 0 saturated carbocycles. The number of hydrogen-bond acceptors (Lipinski definition) is 18. The van der Waals surface area contributed by atoms with Crippen molar-refractivity contribution in [1.29, 1.82) is 0 Å². The van der Waals surface area contributed by atoms with Gasteiger partial charge in [0.15, 0.2) is 12.6 Å². The fourth-order valence-electron chi connectivity index (χ4n) is 5.45. The highest BCUT2D eigenvalue weighted by molar-refractivity contribution is 5.76. The number of aliphatic hydroxyl groups excluding tert-OH is 10. The molecule has 266 valence electrons. The third kappa shape index (κ3) is 8.26. The molecular formula is C25H42N2O19. The number of amides is 2. The minimum absolute atomic E-state index is 0.723. The molecule has 46 heavy (non-hydrogen) atoms. The van der Waals surface area contributed by atoms with Crippen molar-refractivity contribution in [2.24, 2.45) is 0 Å². The number of carbonyl (C=O) groups is 3. The predicted molar refractivity (Wildman–Crippen MR) is 142 cm³/mol. The molecule has 21 nitrogen and oxygen atoms in total. The number of rotatable bonds is 12. The second kappa shape index (κ2) is 15.8. The van der Waals surface area contributed by atoms with E-state index in [1.54, 1.807) is 0 Å². The van der Waals surface area contributed by atoms with Gasteiger partial charge in [-0.25, -0.2) is 4.79 Å². The quantitative estimate of drug-likeness (QED) is 0.0913. The topological polar surface area (TPSA) is 344 Å². The highest BCUT2D eigenvalue weighted by Gasteiger charge is 2.57. The van der Waals surface area contributed by atoms with Crippen molar-refractivity contribution in [2.75, 3.05) is 19.8 Å². The zero-order valence-electron chi connectivity index (χ0n) is 24.7. The molecule has 3 saturated heterocycles. The van der Waals surface area contributed by atoms with Crippen LogP contribution in [0.15, 0.2) is 0 Å². The Kier molecular flexibility index (Phi) is 13.1. The lowest BCUT2D eigenvalue weighted by atomic mass is 9.88. The van der Waals surface area contributed by atoms with Crippen LogP contribution in [0.3, 0.4) is 0 Å². The van der Waals surface area contributed by atoms with Gasteiger partial charge in [-0.2, -0.15) is 0 Å². The molecule has 3 heterocycles. The van der Waals surface area contributed by atoms with Crippen LogP contribution in [0, 0.1) is 0 Å². The predicted octanol–water partition coefficient (Wildman–Crippen LogP) is -8.08. The van der Waals surface area contributed by atoms with Crippen molar-refractivity contribution in [2.45, 2.75) is 118 Å². The summed E-state index contributed by atoms with van der Waals surface area (Å²) in [5.74, 6) is -6.18. The number of carbonyl (C=O) groups excluding carboxylic acids is 2. The Morgan fingerprint density at radius 3 is 2.02 bits per heavy atom. The molecule has 13 N–H and O–H groups in total. The summed E-state index contributed by atoms with van der Waals surface area (Å²) in [5.41, 5.74) is 0. The summed E-state index contributed by atoms with van der Waals surface area (Å²) in [5, 5.41) is 117. The van der Waals surface area contributed by atoms with Gasteiger partial charge in [-0.1, -0.05) is 0 Å². The van der Waals surface area contributed by atoms with Crippen LogP contribution in [0.25, 0.3) is 0 Å². The van der Waals surface area contributed by atoms with E-state index in [-0.39, 0.29) is 0 Å². The Hall–Kier alpha value is -2.19. The van der Waals surface area contributed by atoms with Crippen LogP contribution in [0.4, 0.5) is 0 Å². The van der Waals surface area contributed by atoms with Gasteiger partial charge in [0.2, 0.25) is 11.8 Å². The average molecular weight is 675 g/mol. The third-order valence-electron chi connectivity index (χ3n) is 7.87. The van der Waals surface area contributed by atoms with Gasteiger partial charge >= 0.3 is 5.97 Å². The van der Waals surface area contributed by atoms with Crippen LogP contribution in [-0.4, -0.2) is 191 Å². The molecule has 16 atom stereocenters. The van der Waals surface area contributed by atoms with Gasteiger partial charge < -0.3 is 90.5 Å². The monoisotopic (exact) mass is 674 g/mol. The molecule has 21 heteroatoms. The molecular weight excluding hydrogens is 632 g/mol. The first-order valence-electron chi connectivity index (χ1n) is 14.2. The van der Waals surface area contributed by atoms with E-state index in [0.29, 0.717) is 0 Å². The lowest BCUT2D eigenvalue weighted by Crippen LogP contribution is -2.69. The minimum Gasteiger partial charge on any atom is -0.477 e. The fraction of sp³-hybridized carbons (Fsp3) is 0.880. The van der Waals surface area contributed by atoms with Gasteiger partial charge in [0, 0.05) is 20.3 Å². The normalized spacial score (nSPS) is 42.9. The maximum absolute atomic E-state index is 12.5. The summed E-state index contributed by atoms with van der Waals surface area (Å²) in [7, 11) is 0. The molecule has 3 fully saturated rings. The second-order valence-electron chi connectivity index (χ2n) is 11.3. The van der Waals surface area contributed by atoms with Crippen molar-refractivity contribution < 1.29 is 94.2 Å². The third-order valence-corrected chi connectivity index (χ3v) is 7.87. The Labute approximate surface area is 260 Å². The van der Waals surface area contributed by atoms with E-state index in [4.69, 9.17) is 23.7 Å². The van der Waals surface area contributed by atoms with Crippen molar-refractivity contribution in [1.82, 2.24) is 10.6 Å². The molecule has 3 aliphatic rings. The Morgan fingerprint density at radius 2 is 1.48 bits per heavy atom. The van der Waals surface area contributed by atoms with Gasteiger partial charge in [0.25, 0.3) is 5.79 Å². The first-order valence-corrected chi connectivity index (χ1v) is 14.2. The van der Waals surface area contributed by atoms with Crippen LogP contribution in [0.2, 0.25) is 0 Å².